The lowest BCUT2D eigenvalue weighted by atomic mass is 9.76. The van der Waals surface area contributed by atoms with Crippen molar-refractivity contribution in [2.24, 2.45) is 0 Å². The fourth-order valence-corrected chi connectivity index (χ4v) is 5.31. The maximum absolute atomic E-state index is 14.3. The van der Waals surface area contributed by atoms with Crippen LogP contribution in [0.2, 0.25) is 5.02 Å². The van der Waals surface area contributed by atoms with Crippen LogP contribution in [0, 0.1) is 17.1 Å². The largest absolute Gasteiger partial charge is 0.446 e. The number of nitriles is 1. The number of hydrogen-bond acceptors (Lipinski definition) is 6. The molecule has 1 aromatic heterocycles. The fraction of sp³-hybridized carbons (Fsp3) is 0.250. The van der Waals surface area contributed by atoms with Crippen LogP contribution in [0.15, 0.2) is 66.9 Å². The van der Waals surface area contributed by atoms with Gasteiger partial charge in [0.2, 0.25) is 5.91 Å². The Hall–Kier alpha value is -4.63. The number of ether oxygens (including phenoxy) is 1. The number of carbonyl (C=O) groups excluding carboxylic acids is 3. The minimum Gasteiger partial charge on any atom is -0.446 e. The molecule has 2 heterocycles. The lowest BCUT2D eigenvalue weighted by molar-refractivity contribution is -0.135. The molecule has 0 bridgehead atoms. The van der Waals surface area contributed by atoms with Gasteiger partial charge >= 0.3 is 6.09 Å². The van der Waals surface area contributed by atoms with Gasteiger partial charge in [0.1, 0.15) is 24.2 Å². The Balaban J connectivity index is 1.69. The number of halogens is 4. The van der Waals surface area contributed by atoms with Crippen LogP contribution in [0.4, 0.5) is 29.5 Å². The summed E-state index contributed by atoms with van der Waals surface area (Å²) in [6, 6.07) is 14.6. The van der Waals surface area contributed by atoms with Crippen molar-refractivity contribution in [1.82, 2.24) is 10.3 Å². The molecule has 0 spiro atoms. The van der Waals surface area contributed by atoms with Crippen molar-refractivity contribution in [2.75, 3.05) is 16.8 Å². The van der Waals surface area contributed by atoms with E-state index in [0.717, 1.165) is 17.0 Å². The topological polar surface area (TPSA) is 124 Å². The summed E-state index contributed by atoms with van der Waals surface area (Å²) in [6.07, 6.45) is -1.06. The summed E-state index contributed by atoms with van der Waals surface area (Å²) >= 11 is 6.51. The number of aromatic nitrogens is 1. The Morgan fingerprint density at radius 1 is 1.15 bits per heavy atom. The van der Waals surface area contributed by atoms with Gasteiger partial charge in [-0.3, -0.25) is 9.59 Å². The van der Waals surface area contributed by atoms with Gasteiger partial charge < -0.3 is 15.4 Å². The summed E-state index contributed by atoms with van der Waals surface area (Å²) in [7, 11) is 0. The van der Waals surface area contributed by atoms with E-state index >= 15 is 0 Å². The molecule has 2 aliphatic rings. The lowest BCUT2D eigenvalue weighted by Crippen LogP contribution is -2.64. The van der Waals surface area contributed by atoms with E-state index in [2.05, 4.69) is 15.6 Å². The number of cyclic esters (lactones) is 1. The highest BCUT2D eigenvalue weighted by molar-refractivity contribution is 6.32. The number of benzene rings is 2. The molecule has 13 heteroatoms. The van der Waals surface area contributed by atoms with E-state index in [1.54, 1.807) is 12.1 Å². The molecular formula is C28H21ClF3N5O4. The quantitative estimate of drug-likeness (QED) is 0.413. The van der Waals surface area contributed by atoms with Crippen LogP contribution in [0.25, 0.3) is 0 Å². The molecule has 0 radical (unpaired) electrons. The SMILES string of the molecule is N#Cc1ccnc(N2C(=O)OCC2(C(=O)Nc2cccc(F)c2)[C@@H](C(=O)NC2CC(F)(F)C2)c2ccccc2Cl)c1. The van der Waals surface area contributed by atoms with Crippen LogP contribution in [0.5, 0.6) is 0 Å². The van der Waals surface area contributed by atoms with Crippen molar-refractivity contribution in [3.05, 3.63) is 88.8 Å². The highest BCUT2D eigenvalue weighted by Crippen LogP contribution is 2.45. The van der Waals surface area contributed by atoms with E-state index in [4.69, 9.17) is 16.3 Å². The van der Waals surface area contributed by atoms with Gasteiger partial charge in [0.25, 0.3) is 11.8 Å². The van der Waals surface area contributed by atoms with Crippen LogP contribution in [0.1, 0.15) is 29.9 Å². The molecule has 2 aromatic carbocycles. The number of rotatable bonds is 7. The Labute approximate surface area is 236 Å². The molecule has 1 aliphatic heterocycles. The molecule has 210 valence electrons. The van der Waals surface area contributed by atoms with E-state index in [-0.39, 0.29) is 27.7 Å². The van der Waals surface area contributed by atoms with Crippen molar-refractivity contribution < 1.29 is 32.3 Å². The fourth-order valence-electron chi connectivity index (χ4n) is 5.06. The zero-order chi connectivity index (χ0) is 29.4. The molecular weight excluding hydrogens is 563 g/mol. The van der Waals surface area contributed by atoms with Crippen molar-refractivity contribution >= 4 is 41.0 Å². The van der Waals surface area contributed by atoms with Gasteiger partial charge in [0.15, 0.2) is 5.54 Å². The van der Waals surface area contributed by atoms with Gasteiger partial charge in [-0.15, -0.1) is 0 Å². The molecule has 3 amide bonds. The van der Waals surface area contributed by atoms with Crippen molar-refractivity contribution in [3.8, 4) is 6.07 Å². The van der Waals surface area contributed by atoms with Crippen molar-refractivity contribution in [3.63, 3.8) is 0 Å². The van der Waals surface area contributed by atoms with Crippen molar-refractivity contribution in [2.45, 2.75) is 36.3 Å². The first-order valence-electron chi connectivity index (χ1n) is 12.4. The average Bonchev–Trinajstić information content (AvgIpc) is 3.26. The summed E-state index contributed by atoms with van der Waals surface area (Å²) in [5.41, 5.74) is -2.08. The summed E-state index contributed by atoms with van der Waals surface area (Å²) < 4.78 is 46.6. The summed E-state index contributed by atoms with van der Waals surface area (Å²) in [4.78, 5) is 46.6. The Bertz CT molecular complexity index is 1570. The number of carbonyl (C=O) groups is 3. The standard InChI is InChI=1S/C28H21ClF3N5O4/c29-21-7-2-1-6-20(21)23(24(38)35-19-12-27(31,32)13-19)28(25(39)36-18-5-3-4-17(30)11-18)15-41-26(40)37(28)22-10-16(14-33)8-9-34-22/h1-11,19,23H,12-13,15H2,(H,35,38)(H,36,39)/t23-,28?/m1/s1. The van der Waals surface area contributed by atoms with E-state index in [0.29, 0.717) is 0 Å². The lowest BCUT2D eigenvalue weighted by Gasteiger charge is -2.41. The Morgan fingerprint density at radius 3 is 2.59 bits per heavy atom. The normalized spacial score (nSPS) is 20.4. The van der Waals surface area contributed by atoms with Gasteiger partial charge in [0, 0.05) is 35.8 Å². The van der Waals surface area contributed by atoms with E-state index in [1.165, 1.54) is 42.6 Å². The number of nitrogens with zero attached hydrogens (tertiary/aromatic N) is 3. The van der Waals surface area contributed by atoms with Crippen LogP contribution in [-0.4, -0.2) is 47.0 Å². The second-order valence-electron chi connectivity index (χ2n) is 9.72. The van der Waals surface area contributed by atoms with Crippen LogP contribution >= 0.6 is 11.6 Å². The molecule has 9 nitrogen and oxygen atoms in total. The molecule has 1 saturated carbocycles. The molecule has 1 saturated heterocycles. The number of amides is 3. The highest BCUT2D eigenvalue weighted by atomic mass is 35.5. The third-order valence-electron chi connectivity index (χ3n) is 6.97. The first-order valence-corrected chi connectivity index (χ1v) is 12.7. The number of hydrogen-bond donors (Lipinski definition) is 2. The predicted molar refractivity (Wildman–Crippen MR) is 141 cm³/mol. The molecule has 5 rings (SSSR count). The minimum absolute atomic E-state index is 0.00404. The van der Waals surface area contributed by atoms with E-state index in [9.17, 15) is 32.8 Å². The van der Waals surface area contributed by atoms with Crippen LogP contribution in [-0.2, 0) is 14.3 Å². The third-order valence-corrected chi connectivity index (χ3v) is 7.31. The second kappa shape index (κ2) is 10.7. The molecule has 2 N–H and O–H groups in total. The van der Waals surface area contributed by atoms with Gasteiger partial charge in [-0.1, -0.05) is 35.9 Å². The summed E-state index contributed by atoms with van der Waals surface area (Å²) in [5, 5.41) is 14.6. The zero-order valence-electron chi connectivity index (χ0n) is 21.1. The van der Waals surface area contributed by atoms with Gasteiger partial charge in [0.05, 0.1) is 11.6 Å². The Morgan fingerprint density at radius 2 is 1.90 bits per heavy atom. The van der Waals surface area contributed by atoms with Gasteiger partial charge in [-0.2, -0.15) is 5.26 Å². The van der Waals surface area contributed by atoms with Crippen molar-refractivity contribution in [1.29, 1.82) is 5.26 Å². The molecule has 2 fully saturated rings. The molecule has 41 heavy (non-hydrogen) atoms. The summed E-state index contributed by atoms with van der Waals surface area (Å²) in [5.74, 6) is -7.30. The Kier molecular flexibility index (Phi) is 7.31. The maximum atomic E-state index is 14.3. The molecule has 1 unspecified atom stereocenters. The first kappa shape index (κ1) is 27.9. The van der Waals surface area contributed by atoms with Crippen LogP contribution < -0.4 is 15.5 Å². The number of pyridine rings is 1. The van der Waals surface area contributed by atoms with Gasteiger partial charge in [-0.05, 0) is 42.0 Å². The van der Waals surface area contributed by atoms with Gasteiger partial charge in [-0.25, -0.2) is 27.8 Å². The first-order chi connectivity index (χ1) is 19.5. The zero-order valence-corrected chi connectivity index (χ0v) is 21.9. The van der Waals surface area contributed by atoms with Crippen LogP contribution in [0.3, 0.4) is 0 Å². The van der Waals surface area contributed by atoms with E-state index in [1.807, 2.05) is 6.07 Å². The molecule has 2 atom stereocenters. The second-order valence-corrected chi connectivity index (χ2v) is 10.1. The monoisotopic (exact) mass is 583 g/mol. The number of anilines is 2. The smallest absolute Gasteiger partial charge is 0.416 e. The average molecular weight is 584 g/mol. The minimum atomic E-state index is -2.95. The maximum Gasteiger partial charge on any atom is 0.416 e. The van der Waals surface area contributed by atoms with E-state index < -0.39 is 66.6 Å². The number of nitrogens with one attached hydrogen (secondary N) is 2. The predicted octanol–water partition coefficient (Wildman–Crippen LogP) is 4.78. The third kappa shape index (κ3) is 5.28. The number of alkyl halides is 2. The molecule has 3 aromatic rings. The molecule has 1 aliphatic carbocycles. The summed E-state index contributed by atoms with van der Waals surface area (Å²) in [6.45, 7) is -0.699. The highest BCUT2D eigenvalue weighted by Gasteiger charge is 2.63.